The predicted molar refractivity (Wildman–Crippen MR) is 88.2 cm³/mol. The van der Waals surface area contributed by atoms with Crippen molar-refractivity contribution in [3.05, 3.63) is 70.9 Å². The van der Waals surface area contributed by atoms with Crippen LogP contribution in [-0.4, -0.2) is 16.1 Å². The summed E-state index contributed by atoms with van der Waals surface area (Å²) in [6, 6.07) is 16.6. The van der Waals surface area contributed by atoms with Crippen LogP contribution in [-0.2, 0) is 0 Å². The number of aromatic amines is 1. The Bertz CT molecular complexity index is 809. The van der Waals surface area contributed by atoms with Crippen LogP contribution < -0.4 is 5.32 Å². The van der Waals surface area contributed by atoms with Gasteiger partial charge in [-0.15, -0.1) is 0 Å². The fraction of sp³-hybridized carbons (Fsp3) is 0.0588. The zero-order valence-electron chi connectivity index (χ0n) is 11.9. The first kappa shape index (κ1) is 14.4. The Morgan fingerprint density at radius 1 is 1.14 bits per heavy atom. The number of aromatic nitrogens is 2. The molecule has 0 saturated carbocycles. The molecule has 5 heteroatoms. The lowest BCUT2D eigenvalue weighted by Gasteiger charge is -2.06. The van der Waals surface area contributed by atoms with Crippen molar-refractivity contribution in [2.24, 2.45) is 0 Å². The number of nitrogens with one attached hydrogen (secondary N) is 2. The second kappa shape index (κ2) is 6.03. The second-order valence-electron chi connectivity index (χ2n) is 4.94. The van der Waals surface area contributed by atoms with Crippen LogP contribution in [0.5, 0.6) is 0 Å². The molecule has 3 rings (SSSR count). The minimum Gasteiger partial charge on any atom is -0.320 e. The van der Waals surface area contributed by atoms with Crippen molar-refractivity contribution in [2.45, 2.75) is 6.92 Å². The van der Waals surface area contributed by atoms with E-state index in [4.69, 9.17) is 11.6 Å². The number of rotatable bonds is 3. The van der Waals surface area contributed by atoms with Gasteiger partial charge in [-0.05, 0) is 36.8 Å². The number of para-hydroxylation sites is 1. The number of nitrogens with zero attached hydrogens (tertiary/aromatic N) is 1. The van der Waals surface area contributed by atoms with Gasteiger partial charge in [-0.3, -0.25) is 9.89 Å². The number of hydrogen-bond donors (Lipinski definition) is 2. The van der Waals surface area contributed by atoms with E-state index in [1.807, 2.05) is 43.3 Å². The summed E-state index contributed by atoms with van der Waals surface area (Å²) in [7, 11) is 0. The molecule has 110 valence electrons. The third-order valence-corrected chi connectivity index (χ3v) is 3.61. The van der Waals surface area contributed by atoms with Gasteiger partial charge in [0.25, 0.3) is 5.91 Å². The second-order valence-corrected chi connectivity index (χ2v) is 5.38. The number of H-pyrrole nitrogens is 1. The maximum atomic E-state index is 12.3. The van der Waals surface area contributed by atoms with Gasteiger partial charge in [-0.1, -0.05) is 41.9 Å². The van der Waals surface area contributed by atoms with E-state index in [-0.39, 0.29) is 5.91 Å². The summed E-state index contributed by atoms with van der Waals surface area (Å²) >= 11 is 5.87. The summed E-state index contributed by atoms with van der Waals surface area (Å²) in [6.07, 6.45) is 0. The largest absolute Gasteiger partial charge is 0.320 e. The Hall–Kier alpha value is -2.59. The summed E-state index contributed by atoms with van der Waals surface area (Å²) in [6.45, 7) is 1.95. The fourth-order valence-electron chi connectivity index (χ4n) is 2.11. The minimum atomic E-state index is -0.220. The smallest absolute Gasteiger partial charge is 0.273 e. The molecule has 0 radical (unpaired) electrons. The van der Waals surface area contributed by atoms with Gasteiger partial charge < -0.3 is 5.32 Å². The molecule has 0 saturated heterocycles. The van der Waals surface area contributed by atoms with Crippen LogP contribution in [0.25, 0.3) is 11.3 Å². The molecule has 0 bridgehead atoms. The van der Waals surface area contributed by atoms with Crippen molar-refractivity contribution in [1.29, 1.82) is 0 Å². The Morgan fingerprint density at radius 2 is 1.86 bits per heavy atom. The fourth-order valence-corrected chi connectivity index (χ4v) is 2.24. The zero-order chi connectivity index (χ0) is 15.5. The van der Waals surface area contributed by atoms with Crippen LogP contribution in [0, 0.1) is 6.92 Å². The molecule has 0 atom stereocenters. The number of benzene rings is 2. The lowest BCUT2D eigenvalue weighted by atomic mass is 10.1. The Kier molecular flexibility index (Phi) is 3.94. The highest BCUT2D eigenvalue weighted by molar-refractivity contribution is 6.30. The van der Waals surface area contributed by atoms with Crippen LogP contribution >= 0.6 is 11.6 Å². The van der Waals surface area contributed by atoms with Gasteiger partial charge in [0.2, 0.25) is 0 Å². The SMILES string of the molecule is Cc1ccccc1NC(=O)c1cc(-c2ccc(Cl)cc2)n[nH]1. The topological polar surface area (TPSA) is 57.8 Å². The van der Waals surface area contributed by atoms with E-state index < -0.39 is 0 Å². The highest BCUT2D eigenvalue weighted by Gasteiger charge is 2.12. The average Bonchev–Trinajstić information content (AvgIpc) is 3.00. The molecule has 0 spiro atoms. The number of amides is 1. The van der Waals surface area contributed by atoms with E-state index in [1.165, 1.54) is 0 Å². The molecule has 0 fully saturated rings. The number of carbonyl (C=O) groups excluding carboxylic acids is 1. The van der Waals surface area contributed by atoms with E-state index in [2.05, 4.69) is 15.5 Å². The maximum Gasteiger partial charge on any atom is 0.273 e. The normalized spacial score (nSPS) is 10.5. The van der Waals surface area contributed by atoms with Crippen molar-refractivity contribution < 1.29 is 4.79 Å². The summed E-state index contributed by atoms with van der Waals surface area (Å²) in [5.41, 5.74) is 3.80. The van der Waals surface area contributed by atoms with E-state index >= 15 is 0 Å². The van der Waals surface area contributed by atoms with Crippen molar-refractivity contribution >= 4 is 23.2 Å². The lowest BCUT2D eigenvalue weighted by Crippen LogP contribution is -2.13. The van der Waals surface area contributed by atoms with Gasteiger partial charge in [-0.2, -0.15) is 5.10 Å². The molecule has 2 aromatic carbocycles. The van der Waals surface area contributed by atoms with Gasteiger partial charge in [-0.25, -0.2) is 0 Å². The highest BCUT2D eigenvalue weighted by atomic mass is 35.5. The summed E-state index contributed by atoms with van der Waals surface area (Å²) in [5.74, 6) is -0.220. The monoisotopic (exact) mass is 311 g/mol. The van der Waals surface area contributed by atoms with E-state index in [9.17, 15) is 4.79 Å². The third-order valence-electron chi connectivity index (χ3n) is 3.36. The van der Waals surface area contributed by atoms with Gasteiger partial charge in [0.1, 0.15) is 5.69 Å². The number of carbonyl (C=O) groups is 1. The van der Waals surface area contributed by atoms with Gasteiger partial charge >= 0.3 is 0 Å². The average molecular weight is 312 g/mol. The molecular formula is C17H14ClN3O. The van der Waals surface area contributed by atoms with E-state index in [1.54, 1.807) is 18.2 Å². The van der Waals surface area contributed by atoms with Crippen LogP contribution in [0.2, 0.25) is 5.02 Å². The number of anilines is 1. The Labute approximate surface area is 133 Å². The molecule has 1 amide bonds. The van der Waals surface area contributed by atoms with Crippen molar-refractivity contribution in [1.82, 2.24) is 10.2 Å². The molecule has 0 unspecified atom stereocenters. The lowest BCUT2D eigenvalue weighted by molar-refractivity contribution is 0.102. The molecule has 22 heavy (non-hydrogen) atoms. The summed E-state index contributed by atoms with van der Waals surface area (Å²) in [4.78, 5) is 12.3. The van der Waals surface area contributed by atoms with E-state index in [0.717, 1.165) is 16.8 Å². The quantitative estimate of drug-likeness (QED) is 0.758. The Balaban J connectivity index is 1.80. The molecule has 0 aliphatic carbocycles. The van der Waals surface area contributed by atoms with Crippen molar-refractivity contribution in [2.75, 3.05) is 5.32 Å². The van der Waals surface area contributed by atoms with Gasteiger partial charge in [0.05, 0.1) is 5.69 Å². The maximum absolute atomic E-state index is 12.3. The van der Waals surface area contributed by atoms with Gasteiger partial charge in [0.15, 0.2) is 0 Å². The summed E-state index contributed by atoms with van der Waals surface area (Å²) in [5, 5.41) is 10.5. The zero-order valence-corrected chi connectivity index (χ0v) is 12.7. The Morgan fingerprint density at radius 3 is 2.59 bits per heavy atom. The first-order valence-electron chi connectivity index (χ1n) is 6.82. The minimum absolute atomic E-state index is 0.220. The van der Waals surface area contributed by atoms with Gasteiger partial charge in [0, 0.05) is 16.3 Å². The molecule has 2 N–H and O–H groups in total. The van der Waals surface area contributed by atoms with Crippen LogP contribution in [0.4, 0.5) is 5.69 Å². The standard InChI is InChI=1S/C17H14ClN3O/c1-11-4-2-3-5-14(11)19-17(22)16-10-15(20-21-16)12-6-8-13(18)9-7-12/h2-10H,1H3,(H,19,22)(H,20,21). The van der Waals surface area contributed by atoms with Crippen molar-refractivity contribution in [3.8, 4) is 11.3 Å². The molecule has 3 aromatic rings. The molecule has 0 aliphatic heterocycles. The predicted octanol–water partition coefficient (Wildman–Crippen LogP) is 4.29. The van der Waals surface area contributed by atoms with Crippen molar-refractivity contribution in [3.63, 3.8) is 0 Å². The first-order chi connectivity index (χ1) is 10.6. The molecule has 1 heterocycles. The van der Waals surface area contributed by atoms with Crippen LogP contribution in [0.1, 0.15) is 16.1 Å². The molecule has 0 aliphatic rings. The number of halogens is 1. The van der Waals surface area contributed by atoms with Crippen LogP contribution in [0.3, 0.4) is 0 Å². The van der Waals surface area contributed by atoms with E-state index in [0.29, 0.717) is 16.4 Å². The molecule has 1 aromatic heterocycles. The number of hydrogen-bond acceptors (Lipinski definition) is 2. The molecular weight excluding hydrogens is 298 g/mol. The number of aryl methyl sites for hydroxylation is 1. The van der Waals surface area contributed by atoms with Crippen LogP contribution in [0.15, 0.2) is 54.6 Å². The highest BCUT2D eigenvalue weighted by Crippen LogP contribution is 2.21. The third kappa shape index (κ3) is 3.02. The first-order valence-corrected chi connectivity index (χ1v) is 7.19. The summed E-state index contributed by atoms with van der Waals surface area (Å²) < 4.78 is 0. The molecule has 4 nitrogen and oxygen atoms in total.